The Bertz CT molecular complexity index is 491. The molecule has 0 saturated heterocycles. The summed E-state index contributed by atoms with van der Waals surface area (Å²) in [6.45, 7) is 6.22. The molecule has 0 aliphatic carbocycles. The highest BCUT2D eigenvalue weighted by Crippen LogP contribution is 2.16. The molecule has 0 saturated carbocycles. The molecule has 0 radical (unpaired) electrons. The van der Waals surface area contributed by atoms with Crippen molar-refractivity contribution >= 4 is 24.2 Å². The summed E-state index contributed by atoms with van der Waals surface area (Å²) in [6, 6.07) is 6.32. The zero-order valence-corrected chi connectivity index (χ0v) is 12.8. The van der Waals surface area contributed by atoms with Crippen LogP contribution in [0.3, 0.4) is 0 Å². The van der Waals surface area contributed by atoms with Gasteiger partial charge in [0, 0.05) is 17.7 Å². The molecule has 0 bridgehead atoms. The van der Waals surface area contributed by atoms with Crippen LogP contribution in [0.4, 0.5) is 0 Å². The molecule has 6 heteroatoms. The number of amides is 2. The lowest BCUT2D eigenvalue weighted by Gasteiger charge is -2.33. The Balaban J connectivity index is 0.00000361. The lowest BCUT2D eigenvalue weighted by molar-refractivity contribution is 0.0883. The van der Waals surface area contributed by atoms with Gasteiger partial charge in [0.25, 0.3) is 5.91 Å². The van der Waals surface area contributed by atoms with Gasteiger partial charge < -0.3 is 16.8 Å². The van der Waals surface area contributed by atoms with Crippen LogP contribution < -0.4 is 16.8 Å². The molecule has 112 valence electrons. The second-order valence-electron chi connectivity index (χ2n) is 5.18. The minimum absolute atomic E-state index is 0. The van der Waals surface area contributed by atoms with Crippen molar-refractivity contribution in [2.75, 3.05) is 6.54 Å². The third kappa shape index (κ3) is 4.21. The van der Waals surface area contributed by atoms with Gasteiger partial charge in [-0.15, -0.1) is 12.4 Å². The van der Waals surface area contributed by atoms with E-state index in [1.165, 1.54) is 6.07 Å². The van der Waals surface area contributed by atoms with E-state index in [1.54, 1.807) is 18.2 Å². The molecule has 5 nitrogen and oxygen atoms in total. The predicted octanol–water partition coefficient (Wildman–Crippen LogP) is 1.31. The Labute approximate surface area is 125 Å². The quantitative estimate of drug-likeness (QED) is 0.764. The fraction of sp³-hybridized carbons (Fsp3) is 0.429. The van der Waals surface area contributed by atoms with Crippen molar-refractivity contribution in [3.05, 3.63) is 35.4 Å². The smallest absolute Gasteiger partial charge is 0.251 e. The Morgan fingerprint density at radius 2 is 1.85 bits per heavy atom. The van der Waals surface area contributed by atoms with Gasteiger partial charge in [-0.05, 0) is 31.0 Å². The van der Waals surface area contributed by atoms with E-state index in [-0.39, 0.29) is 24.2 Å². The van der Waals surface area contributed by atoms with Crippen LogP contribution in [0.15, 0.2) is 24.3 Å². The van der Waals surface area contributed by atoms with E-state index >= 15 is 0 Å². The first-order chi connectivity index (χ1) is 8.80. The fourth-order valence-corrected chi connectivity index (χ4v) is 1.58. The summed E-state index contributed by atoms with van der Waals surface area (Å²) in [6.07, 6.45) is 0. The summed E-state index contributed by atoms with van der Waals surface area (Å²) < 4.78 is 0. The van der Waals surface area contributed by atoms with Crippen molar-refractivity contribution < 1.29 is 9.59 Å². The second-order valence-corrected chi connectivity index (χ2v) is 5.18. The average molecular weight is 300 g/mol. The summed E-state index contributed by atoms with van der Waals surface area (Å²) in [5.74, 6) is -0.620. The van der Waals surface area contributed by atoms with E-state index < -0.39 is 11.4 Å². The zero-order chi connectivity index (χ0) is 14.6. The number of benzene rings is 1. The van der Waals surface area contributed by atoms with E-state index in [4.69, 9.17) is 11.5 Å². The highest BCUT2D eigenvalue weighted by atomic mass is 35.5. The Morgan fingerprint density at radius 1 is 1.30 bits per heavy atom. The maximum atomic E-state index is 12.2. The Kier molecular flexibility index (Phi) is 6.68. The van der Waals surface area contributed by atoms with Crippen molar-refractivity contribution in [3.63, 3.8) is 0 Å². The van der Waals surface area contributed by atoms with Crippen molar-refractivity contribution in [2.24, 2.45) is 17.4 Å². The number of nitrogens with one attached hydrogen (secondary N) is 1. The molecule has 0 aliphatic rings. The topological polar surface area (TPSA) is 98.2 Å². The van der Waals surface area contributed by atoms with Gasteiger partial charge in [-0.25, -0.2) is 0 Å². The third-order valence-electron chi connectivity index (χ3n) is 3.51. The summed E-state index contributed by atoms with van der Waals surface area (Å²) in [5.41, 5.74) is 11.1. The molecule has 0 aliphatic heterocycles. The lowest BCUT2D eigenvalue weighted by atomic mass is 9.88. The SMILES string of the molecule is CC(C)C(C)(CN)NC(=O)c1cccc(C(N)=O)c1.Cl. The first-order valence-corrected chi connectivity index (χ1v) is 6.22. The largest absolute Gasteiger partial charge is 0.366 e. The number of carbonyl (C=O) groups excluding carboxylic acids is 2. The summed E-state index contributed by atoms with van der Waals surface area (Å²) in [5, 5.41) is 2.91. The molecule has 1 atom stereocenters. The van der Waals surface area contributed by atoms with E-state index in [0.717, 1.165) is 0 Å². The number of halogens is 1. The maximum absolute atomic E-state index is 12.2. The average Bonchev–Trinajstić information content (AvgIpc) is 2.38. The molecule has 1 rings (SSSR count). The van der Waals surface area contributed by atoms with Gasteiger partial charge in [0.1, 0.15) is 0 Å². The first kappa shape index (κ1) is 18.4. The molecule has 1 unspecified atom stereocenters. The van der Waals surface area contributed by atoms with Crippen molar-refractivity contribution in [3.8, 4) is 0 Å². The number of hydrogen-bond donors (Lipinski definition) is 3. The summed E-state index contributed by atoms with van der Waals surface area (Å²) >= 11 is 0. The molecule has 0 heterocycles. The molecule has 2 amide bonds. The normalized spacial score (nSPS) is 13.2. The van der Waals surface area contributed by atoms with E-state index in [2.05, 4.69) is 5.32 Å². The van der Waals surface area contributed by atoms with Gasteiger partial charge >= 0.3 is 0 Å². The third-order valence-corrected chi connectivity index (χ3v) is 3.51. The highest BCUT2D eigenvalue weighted by molar-refractivity contribution is 5.99. The molecular weight excluding hydrogens is 278 g/mol. The molecule has 1 aromatic rings. The van der Waals surface area contributed by atoms with Gasteiger partial charge in [0.05, 0.1) is 5.54 Å². The van der Waals surface area contributed by atoms with Crippen LogP contribution in [0.2, 0.25) is 0 Å². The number of rotatable bonds is 5. The van der Waals surface area contributed by atoms with Gasteiger partial charge in [0.15, 0.2) is 0 Å². The molecule has 0 aromatic heterocycles. The van der Waals surface area contributed by atoms with Gasteiger partial charge in [-0.2, -0.15) is 0 Å². The maximum Gasteiger partial charge on any atom is 0.251 e. The predicted molar refractivity (Wildman–Crippen MR) is 82.0 cm³/mol. The minimum Gasteiger partial charge on any atom is -0.366 e. The van der Waals surface area contributed by atoms with Crippen molar-refractivity contribution in [1.82, 2.24) is 5.32 Å². The molecule has 0 spiro atoms. The zero-order valence-electron chi connectivity index (χ0n) is 12.0. The fourth-order valence-electron chi connectivity index (χ4n) is 1.58. The number of primary amides is 1. The van der Waals surface area contributed by atoms with Crippen molar-refractivity contribution in [2.45, 2.75) is 26.3 Å². The van der Waals surface area contributed by atoms with Crippen LogP contribution in [0, 0.1) is 5.92 Å². The number of carbonyl (C=O) groups is 2. The molecule has 0 fully saturated rings. The van der Waals surface area contributed by atoms with Gasteiger partial charge in [-0.1, -0.05) is 19.9 Å². The van der Waals surface area contributed by atoms with E-state index in [1.807, 2.05) is 20.8 Å². The lowest BCUT2D eigenvalue weighted by Crippen LogP contribution is -2.55. The van der Waals surface area contributed by atoms with Crippen molar-refractivity contribution in [1.29, 1.82) is 0 Å². The highest BCUT2D eigenvalue weighted by Gasteiger charge is 2.28. The monoisotopic (exact) mass is 299 g/mol. The number of nitrogens with two attached hydrogens (primary N) is 2. The summed E-state index contributed by atoms with van der Waals surface area (Å²) in [7, 11) is 0. The minimum atomic E-state index is -0.555. The van der Waals surface area contributed by atoms with E-state index in [0.29, 0.717) is 17.7 Å². The molecule has 5 N–H and O–H groups in total. The molecule has 20 heavy (non-hydrogen) atoms. The van der Waals surface area contributed by atoms with Crippen LogP contribution in [-0.4, -0.2) is 23.9 Å². The van der Waals surface area contributed by atoms with E-state index in [9.17, 15) is 9.59 Å². The van der Waals surface area contributed by atoms with Crippen LogP contribution in [0.5, 0.6) is 0 Å². The standard InChI is InChI=1S/C14H21N3O2.ClH/c1-9(2)14(3,8-15)17-13(19)11-6-4-5-10(7-11)12(16)18;/h4-7,9H,8,15H2,1-3H3,(H2,16,18)(H,17,19);1H. The van der Waals surface area contributed by atoms with Crippen LogP contribution in [-0.2, 0) is 0 Å². The van der Waals surface area contributed by atoms with Crippen LogP contribution >= 0.6 is 12.4 Å². The first-order valence-electron chi connectivity index (χ1n) is 6.22. The Hall–Kier alpha value is -1.59. The van der Waals surface area contributed by atoms with Gasteiger partial charge in [0.2, 0.25) is 5.91 Å². The van der Waals surface area contributed by atoms with Crippen LogP contribution in [0.25, 0.3) is 0 Å². The number of hydrogen-bond acceptors (Lipinski definition) is 3. The molecule has 1 aromatic carbocycles. The molecular formula is C14H22ClN3O2. The van der Waals surface area contributed by atoms with Gasteiger partial charge in [-0.3, -0.25) is 9.59 Å². The van der Waals surface area contributed by atoms with Crippen LogP contribution in [0.1, 0.15) is 41.5 Å². The Morgan fingerprint density at radius 3 is 2.30 bits per heavy atom. The summed E-state index contributed by atoms with van der Waals surface area (Å²) in [4.78, 5) is 23.3. The second kappa shape index (κ2) is 7.26.